The summed E-state index contributed by atoms with van der Waals surface area (Å²) in [5.41, 5.74) is 5.16. The summed E-state index contributed by atoms with van der Waals surface area (Å²) in [6.45, 7) is 6.86. The van der Waals surface area contributed by atoms with E-state index in [1.807, 2.05) is 51.1 Å². The Labute approximate surface area is 166 Å². The fourth-order valence-electron chi connectivity index (χ4n) is 3.43. The number of rotatable bonds is 8. The molecule has 4 nitrogen and oxygen atoms in total. The van der Waals surface area contributed by atoms with Crippen LogP contribution in [0.4, 0.5) is 0 Å². The van der Waals surface area contributed by atoms with E-state index >= 15 is 0 Å². The summed E-state index contributed by atoms with van der Waals surface area (Å²) in [5.74, 6) is 1.20. The van der Waals surface area contributed by atoms with Crippen molar-refractivity contribution >= 4 is 5.78 Å². The average molecular weight is 377 g/mol. The van der Waals surface area contributed by atoms with Gasteiger partial charge in [0.15, 0.2) is 18.1 Å². The summed E-state index contributed by atoms with van der Waals surface area (Å²) in [6.07, 6.45) is 0.932. The zero-order chi connectivity index (χ0) is 20.1. The van der Waals surface area contributed by atoms with E-state index in [4.69, 9.17) is 9.47 Å². The van der Waals surface area contributed by atoms with Crippen LogP contribution in [0.5, 0.6) is 11.5 Å². The number of aromatic nitrogens is 1. The van der Waals surface area contributed by atoms with Gasteiger partial charge in [-0.05, 0) is 56.5 Å². The van der Waals surface area contributed by atoms with Gasteiger partial charge in [0.25, 0.3) is 0 Å². The van der Waals surface area contributed by atoms with E-state index in [1.165, 1.54) is 5.56 Å². The maximum atomic E-state index is 12.8. The molecule has 4 heteroatoms. The number of carbonyl (C=O) groups is 1. The van der Waals surface area contributed by atoms with Gasteiger partial charge >= 0.3 is 0 Å². The molecule has 0 spiro atoms. The molecule has 0 saturated carbocycles. The summed E-state index contributed by atoms with van der Waals surface area (Å²) in [4.78, 5) is 12.8. The lowest BCUT2D eigenvalue weighted by atomic mass is 10.1. The lowest BCUT2D eigenvalue weighted by Gasteiger charge is -2.12. The summed E-state index contributed by atoms with van der Waals surface area (Å²) in [6, 6.07) is 18.0. The SMILES string of the molecule is COc1cc(C)ccc1OCC(=O)c1cc(C)n(CCc2ccccc2)c1C. The Kier molecular flexibility index (Phi) is 6.19. The van der Waals surface area contributed by atoms with Crippen molar-refractivity contribution in [2.24, 2.45) is 0 Å². The molecule has 0 amide bonds. The van der Waals surface area contributed by atoms with Crippen molar-refractivity contribution in [1.82, 2.24) is 4.57 Å². The Hall–Kier alpha value is -3.01. The first-order valence-electron chi connectivity index (χ1n) is 9.51. The molecule has 3 rings (SSSR count). The van der Waals surface area contributed by atoms with Crippen LogP contribution in [-0.2, 0) is 13.0 Å². The number of aryl methyl sites for hydroxylation is 3. The van der Waals surface area contributed by atoms with Crippen molar-refractivity contribution in [3.63, 3.8) is 0 Å². The minimum Gasteiger partial charge on any atom is -0.493 e. The topological polar surface area (TPSA) is 40.5 Å². The van der Waals surface area contributed by atoms with Crippen LogP contribution < -0.4 is 9.47 Å². The molecule has 146 valence electrons. The van der Waals surface area contributed by atoms with E-state index in [1.54, 1.807) is 7.11 Å². The Bertz CT molecular complexity index is 957. The molecule has 2 aromatic carbocycles. The van der Waals surface area contributed by atoms with Crippen LogP contribution in [-0.4, -0.2) is 24.1 Å². The van der Waals surface area contributed by atoms with Crippen LogP contribution >= 0.6 is 0 Å². The third-order valence-corrected chi connectivity index (χ3v) is 5.02. The van der Waals surface area contributed by atoms with Gasteiger partial charge in [0, 0.05) is 23.5 Å². The third kappa shape index (κ3) is 4.45. The van der Waals surface area contributed by atoms with E-state index < -0.39 is 0 Å². The number of ether oxygens (including phenoxy) is 2. The van der Waals surface area contributed by atoms with E-state index in [-0.39, 0.29) is 12.4 Å². The van der Waals surface area contributed by atoms with Crippen LogP contribution in [0.25, 0.3) is 0 Å². The highest BCUT2D eigenvalue weighted by Gasteiger charge is 2.17. The first-order valence-corrected chi connectivity index (χ1v) is 9.51. The Morgan fingerprint density at radius 3 is 2.43 bits per heavy atom. The van der Waals surface area contributed by atoms with Crippen LogP contribution in [0.1, 0.15) is 32.9 Å². The normalized spacial score (nSPS) is 10.7. The molecule has 0 atom stereocenters. The highest BCUT2D eigenvalue weighted by atomic mass is 16.5. The van der Waals surface area contributed by atoms with Gasteiger partial charge in [-0.15, -0.1) is 0 Å². The average Bonchev–Trinajstić information content (AvgIpc) is 2.99. The second-order valence-electron chi connectivity index (χ2n) is 7.04. The fraction of sp³-hybridized carbons (Fsp3) is 0.292. The summed E-state index contributed by atoms with van der Waals surface area (Å²) < 4.78 is 13.3. The maximum absolute atomic E-state index is 12.8. The van der Waals surface area contributed by atoms with Crippen molar-refractivity contribution in [2.45, 2.75) is 33.7 Å². The third-order valence-electron chi connectivity index (χ3n) is 5.02. The van der Waals surface area contributed by atoms with Crippen LogP contribution in [0.2, 0.25) is 0 Å². The molecule has 0 fully saturated rings. The Balaban J connectivity index is 1.69. The molecule has 0 aliphatic heterocycles. The lowest BCUT2D eigenvalue weighted by molar-refractivity contribution is 0.0918. The van der Waals surface area contributed by atoms with Crippen molar-refractivity contribution in [2.75, 3.05) is 13.7 Å². The van der Waals surface area contributed by atoms with Gasteiger partial charge in [-0.1, -0.05) is 36.4 Å². The van der Waals surface area contributed by atoms with E-state index in [0.29, 0.717) is 11.5 Å². The number of Topliss-reactive ketones (excluding diaryl/α,β-unsaturated/α-hetero) is 1. The van der Waals surface area contributed by atoms with Crippen LogP contribution in [0.3, 0.4) is 0 Å². The number of hydrogen-bond donors (Lipinski definition) is 0. The van der Waals surface area contributed by atoms with Gasteiger partial charge < -0.3 is 14.0 Å². The van der Waals surface area contributed by atoms with Gasteiger partial charge in [0.2, 0.25) is 5.78 Å². The van der Waals surface area contributed by atoms with Crippen LogP contribution in [0.15, 0.2) is 54.6 Å². The monoisotopic (exact) mass is 377 g/mol. The molecule has 28 heavy (non-hydrogen) atoms. The van der Waals surface area contributed by atoms with Gasteiger partial charge in [0.05, 0.1) is 7.11 Å². The van der Waals surface area contributed by atoms with Crippen LogP contribution in [0, 0.1) is 20.8 Å². The Morgan fingerprint density at radius 1 is 0.964 bits per heavy atom. The first kappa shape index (κ1) is 19.7. The number of hydrogen-bond acceptors (Lipinski definition) is 3. The summed E-state index contributed by atoms with van der Waals surface area (Å²) >= 11 is 0. The predicted octanol–water partition coefficient (Wildman–Crippen LogP) is 4.93. The largest absolute Gasteiger partial charge is 0.493 e. The van der Waals surface area contributed by atoms with E-state index in [9.17, 15) is 4.79 Å². The van der Waals surface area contributed by atoms with Gasteiger partial charge in [-0.3, -0.25) is 4.79 Å². The molecule has 0 saturated heterocycles. The second-order valence-corrected chi connectivity index (χ2v) is 7.04. The lowest BCUT2D eigenvalue weighted by Crippen LogP contribution is -2.13. The molecule has 0 aliphatic carbocycles. The number of ketones is 1. The number of methoxy groups -OCH3 is 1. The number of carbonyl (C=O) groups excluding carboxylic acids is 1. The Morgan fingerprint density at radius 2 is 1.71 bits per heavy atom. The number of benzene rings is 2. The second kappa shape index (κ2) is 8.79. The molecular weight excluding hydrogens is 350 g/mol. The molecule has 0 radical (unpaired) electrons. The molecule has 0 unspecified atom stereocenters. The zero-order valence-electron chi connectivity index (χ0n) is 17.0. The van der Waals surface area contributed by atoms with Gasteiger partial charge in [-0.25, -0.2) is 0 Å². The molecular formula is C24H27NO3. The molecule has 1 heterocycles. The fourth-order valence-corrected chi connectivity index (χ4v) is 3.43. The van der Waals surface area contributed by atoms with Crippen molar-refractivity contribution in [1.29, 1.82) is 0 Å². The minimum absolute atomic E-state index is 0.0115. The highest BCUT2D eigenvalue weighted by Crippen LogP contribution is 2.28. The standard InChI is InChI=1S/C24H27NO3/c1-17-10-11-23(24(14-17)27-4)28-16-22(26)21-15-18(2)25(19(21)3)13-12-20-8-6-5-7-9-20/h5-11,14-15H,12-13,16H2,1-4H3. The maximum Gasteiger partial charge on any atom is 0.202 e. The summed E-state index contributed by atoms with van der Waals surface area (Å²) in [7, 11) is 1.60. The summed E-state index contributed by atoms with van der Waals surface area (Å²) in [5, 5.41) is 0. The first-order chi connectivity index (χ1) is 13.5. The van der Waals surface area contributed by atoms with Gasteiger partial charge in [-0.2, -0.15) is 0 Å². The molecule has 0 aliphatic rings. The van der Waals surface area contributed by atoms with Crippen molar-refractivity contribution in [3.8, 4) is 11.5 Å². The minimum atomic E-state index is -0.0262. The molecule has 1 aromatic heterocycles. The molecule has 0 N–H and O–H groups in total. The smallest absolute Gasteiger partial charge is 0.202 e. The molecule has 3 aromatic rings. The molecule has 0 bridgehead atoms. The predicted molar refractivity (Wildman–Crippen MR) is 112 cm³/mol. The highest BCUT2D eigenvalue weighted by molar-refractivity contribution is 5.98. The van der Waals surface area contributed by atoms with Gasteiger partial charge in [0.1, 0.15) is 0 Å². The number of nitrogens with zero attached hydrogens (tertiary/aromatic N) is 1. The van der Waals surface area contributed by atoms with E-state index in [0.717, 1.165) is 35.5 Å². The quantitative estimate of drug-likeness (QED) is 0.523. The zero-order valence-corrected chi connectivity index (χ0v) is 17.0. The van der Waals surface area contributed by atoms with Crippen molar-refractivity contribution < 1.29 is 14.3 Å². The van der Waals surface area contributed by atoms with Crippen molar-refractivity contribution in [3.05, 3.63) is 82.7 Å². The van der Waals surface area contributed by atoms with E-state index in [2.05, 4.69) is 28.8 Å².